The summed E-state index contributed by atoms with van der Waals surface area (Å²) in [7, 11) is 0. The van der Waals surface area contributed by atoms with E-state index in [0.29, 0.717) is 5.41 Å². The van der Waals surface area contributed by atoms with Gasteiger partial charge in [0.25, 0.3) is 0 Å². The van der Waals surface area contributed by atoms with E-state index in [2.05, 4.69) is 61.0 Å². The van der Waals surface area contributed by atoms with Gasteiger partial charge in [-0.1, -0.05) is 74.5 Å². The fourth-order valence-electron chi connectivity index (χ4n) is 3.08. The van der Waals surface area contributed by atoms with Crippen LogP contribution in [0.15, 0.2) is 29.2 Å². The number of hydrogen-bond donors (Lipinski definition) is 0. The summed E-state index contributed by atoms with van der Waals surface area (Å²) < 4.78 is 0. The standard InChI is InChI=1S/C19H29BrS/c1-18(2,3)16-8-10-17(11-9-16)21-15-19(14-20)12-6-4-5-7-13-19/h8-11H,4-7,12-15H2,1-3H3. The summed E-state index contributed by atoms with van der Waals surface area (Å²) in [5, 5.41) is 1.16. The second-order valence-electron chi connectivity index (χ2n) is 7.61. The lowest BCUT2D eigenvalue weighted by atomic mass is 9.85. The first-order chi connectivity index (χ1) is 9.95. The average Bonchev–Trinajstić information content (AvgIpc) is 2.71. The quantitative estimate of drug-likeness (QED) is 0.319. The Morgan fingerprint density at radius 2 is 1.57 bits per heavy atom. The van der Waals surface area contributed by atoms with E-state index in [0.717, 1.165) is 5.33 Å². The Kier molecular flexibility index (Phi) is 6.25. The maximum absolute atomic E-state index is 3.80. The molecule has 0 aromatic heterocycles. The number of rotatable bonds is 4. The zero-order chi connectivity index (χ0) is 15.3. The van der Waals surface area contributed by atoms with Gasteiger partial charge in [-0.15, -0.1) is 11.8 Å². The van der Waals surface area contributed by atoms with Crippen LogP contribution in [0.5, 0.6) is 0 Å². The molecule has 21 heavy (non-hydrogen) atoms. The minimum Gasteiger partial charge on any atom is -0.126 e. The fourth-order valence-corrected chi connectivity index (χ4v) is 5.30. The molecule has 0 bridgehead atoms. The van der Waals surface area contributed by atoms with Gasteiger partial charge < -0.3 is 0 Å². The maximum Gasteiger partial charge on any atom is 0.00959 e. The molecule has 1 saturated carbocycles. The van der Waals surface area contributed by atoms with E-state index in [1.54, 1.807) is 0 Å². The van der Waals surface area contributed by atoms with Crippen LogP contribution in [0.3, 0.4) is 0 Å². The predicted molar refractivity (Wildman–Crippen MR) is 99.8 cm³/mol. The van der Waals surface area contributed by atoms with E-state index in [1.807, 2.05) is 11.8 Å². The van der Waals surface area contributed by atoms with Crippen molar-refractivity contribution in [3.8, 4) is 0 Å². The number of thioether (sulfide) groups is 1. The van der Waals surface area contributed by atoms with Crippen LogP contribution in [-0.4, -0.2) is 11.1 Å². The molecule has 0 N–H and O–H groups in total. The second kappa shape index (κ2) is 7.55. The van der Waals surface area contributed by atoms with Gasteiger partial charge in [0.1, 0.15) is 0 Å². The lowest BCUT2D eigenvalue weighted by molar-refractivity contribution is 0.334. The van der Waals surface area contributed by atoms with Crippen molar-refractivity contribution in [1.82, 2.24) is 0 Å². The minimum absolute atomic E-state index is 0.252. The first-order valence-electron chi connectivity index (χ1n) is 8.25. The van der Waals surface area contributed by atoms with E-state index >= 15 is 0 Å². The molecule has 118 valence electrons. The van der Waals surface area contributed by atoms with Gasteiger partial charge >= 0.3 is 0 Å². The number of hydrogen-bond acceptors (Lipinski definition) is 1. The van der Waals surface area contributed by atoms with Gasteiger partial charge in [-0.2, -0.15) is 0 Å². The van der Waals surface area contributed by atoms with Crippen LogP contribution >= 0.6 is 27.7 Å². The molecule has 2 rings (SSSR count). The highest BCUT2D eigenvalue weighted by Gasteiger charge is 2.29. The number of halogens is 1. The molecule has 0 radical (unpaired) electrons. The van der Waals surface area contributed by atoms with Gasteiger partial charge in [0.15, 0.2) is 0 Å². The van der Waals surface area contributed by atoms with E-state index in [1.165, 1.54) is 54.7 Å². The third-order valence-electron chi connectivity index (χ3n) is 4.71. The lowest BCUT2D eigenvalue weighted by Gasteiger charge is -2.30. The van der Waals surface area contributed by atoms with Gasteiger partial charge in [-0.05, 0) is 41.4 Å². The fraction of sp³-hybridized carbons (Fsp3) is 0.684. The largest absolute Gasteiger partial charge is 0.126 e. The highest BCUT2D eigenvalue weighted by molar-refractivity contribution is 9.09. The third kappa shape index (κ3) is 5.03. The highest BCUT2D eigenvalue weighted by Crippen LogP contribution is 2.41. The Morgan fingerprint density at radius 3 is 2.05 bits per heavy atom. The molecule has 0 unspecified atom stereocenters. The van der Waals surface area contributed by atoms with Gasteiger partial charge in [-0.25, -0.2) is 0 Å². The van der Waals surface area contributed by atoms with Gasteiger partial charge in [0.05, 0.1) is 0 Å². The molecule has 1 aromatic carbocycles. The summed E-state index contributed by atoms with van der Waals surface area (Å²) in [5.41, 5.74) is 2.20. The maximum atomic E-state index is 3.80. The molecule has 0 heterocycles. The molecule has 0 amide bonds. The van der Waals surface area contributed by atoms with Crippen LogP contribution < -0.4 is 0 Å². The summed E-state index contributed by atoms with van der Waals surface area (Å²) >= 11 is 5.85. The van der Waals surface area contributed by atoms with Crippen LogP contribution in [0.25, 0.3) is 0 Å². The minimum atomic E-state index is 0.252. The van der Waals surface area contributed by atoms with Gasteiger partial charge in [0, 0.05) is 16.0 Å². The highest BCUT2D eigenvalue weighted by atomic mass is 79.9. The van der Waals surface area contributed by atoms with Crippen LogP contribution in [0.2, 0.25) is 0 Å². The van der Waals surface area contributed by atoms with Crippen molar-refractivity contribution in [1.29, 1.82) is 0 Å². The summed E-state index contributed by atoms with van der Waals surface area (Å²) in [5.74, 6) is 1.26. The summed E-state index contributed by atoms with van der Waals surface area (Å²) in [6, 6.07) is 9.22. The van der Waals surface area contributed by atoms with Crippen molar-refractivity contribution in [2.24, 2.45) is 5.41 Å². The van der Waals surface area contributed by atoms with Crippen molar-refractivity contribution in [2.45, 2.75) is 69.6 Å². The van der Waals surface area contributed by atoms with Crippen molar-refractivity contribution >= 4 is 27.7 Å². The molecule has 0 saturated heterocycles. The molecular weight excluding hydrogens is 340 g/mol. The van der Waals surface area contributed by atoms with E-state index in [4.69, 9.17) is 0 Å². The number of benzene rings is 1. The molecule has 1 fully saturated rings. The summed E-state index contributed by atoms with van der Waals surface area (Å²) in [4.78, 5) is 1.42. The Balaban J connectivity index is 1.97. The lowest BCUT2D eigenvalue weighted by Crippen LogP contribution is -2.25. The van der Waals surface area contributed by atoms with Crippen LogP contribution in [0.4, 0.5) is 0 Å². The normalized spacial score (nSPS) is 19.2. The molecule has 1 aliphatic rings. The molecule has 1 aromatic rings. The van der Waals surface area contributed by atoms with Crippen LogP contribution in [0.1, 0.15) is 64.9 Å². The first-order valence-corrected chi connectivity index (χ1v) is 10.4. The van der Waals surface area contributed by atoms with E-state index < -0.39 is 0 Å². The monoisotopic (exact) mass is 368 g/mol. The van der Waals surface area contributed by atoms with Crippen molar-refractivity contribution in [3.05, 3.63) is 29.8 Å². The van der Waals surface area contributed by atoms with E-state index in [9.17, 15) is 0 Å². The molecule has 2 heteroatoms. The van der Waals surface area contributed by atoms with Crippen molar-refractivity contribution in [3.63, 3.8) is 0 Å². The molecule has 0 spiro atoms. The predicted octanol–water partition coefficient (Wildman–Crippen LogP) is 6.81. The van der Waals surface area contributed by atoms with Gasteiger partial charge in [0.2, 0.25) is 0 Å². The number of alkyl halides is 1. The van der Waals surface area contributed by atoms with Crippen molar-refractivity contribution < 1.29 is 0 Å². The van der Waals surface area contributed by atoms with E-state index in [-0.39, 0.29) is 5.41 Å². The Morgan fingerprint density at radius 1 is 1.00 bits per heavy atom. The Labute approximate surface area is 143 Å². The molecule has 0 nitrogen and oxygen atoms in total. The zero-order valence-electron chi connectivity index (χ0n) is 13.8. The van der Waals surface area contributed by atoms with Crippen LogP contribution in [-0.2, 0) is 5.41 Å². The van der Waals surface area contributed by atoms with Crippen LogP contribution in [0, 0.1) is 5.41 Å². The summed E-state index contributed by atoms with van der Waals surface area (Å²) in [6.45, 7) is 6.83. The topological polar surface area (TPSA) is 0 Å². The SMILES string of the molecule is CC(C)(C)c1ccc(SCC2(CBr)CCCCCC2)cc1. The smallest absolute Gasteiger partial charge is 0.00959 e. The van der Waals surface area contributed by atoms with Crippen molar-refractivity contribution in [2.75, 3.05) is 11.1 Å². The molecule has 0 aliphatic heterocycles. The Hall–Kier alpha value is 0.0500. The Bertz CT molecular complexity index is 422. The first kappa shape index (κ1) is 17.4. The average molecular weight is 369 g/mol. The molecular formula is C19H29BrS. The summed E-state index contributed by atoms with van der Waals surface area (Å²) in [6.07, 6.45) is 8.47. The second-order valence-corrected chi connectivity index (χ2v) is 9.22. The zero-order valence-corrected chi connectivity index (χ0v) is 16.2. The van der Waals surface area contributed by atoms with Gasteiger partial charge in [-0.3, -0.25) is 0 Å². The third-order valence-corrected chi connectivity index (χ3v) is 7.26. The molecule has 1 aliphatic carbocycles. The molecule has 0 atom stereocenters.